The third-order valence-electron chi connectivity index (χ3n) is 7.05. The van der Waals surface area contributed by atoms with Gasteiger partial charge in [0.25, 0.3) is 0 Å². The monoisotopic (exact) mass is 403 g/mol. The van der Waals surface area contributed by atoms with Crippen LogP contribution in [0.1, 0.15) is 74.7 Å². The quantitative estimate of drug-likeness (QED) is 0.751. The van der Waals surface area contributed by atoms with Gasteiger partial charge in [0.15, 0.2) is 5.84 Å². The molecule has 156 valence electrons. The third-order valence-corrected chi connectivity index (χ3v) is 7.05. The zero-order valence-electron chi connectivity index (χ0n) is 18.4. The molecule has 30 heavy (non-hydrogen) atoms. The minimum atomic E-state index is -0.453. The summed E-state index contributed by atoms with van der Waals surface area (Å²) in [4.78, 5) is 11.7. The molecule has 5 rings (SSSR count). The fourth-order valence-corrected chi connectivity index (χ4v) is 5.03. The van der Waals surface area contributed by atoms with Crippen molar-refractivity contribution < 1.29 is 5.11 Å². The van der Waals surface area contributed by atoms with Gasteiger partial charge >= 0.3 is 0 Å². The zero-order chi connectivity index (χ0) is 21.3. The number of phenolic OH excluding ortho intramolecular Hbond substituents is 1. The van der Waals surface area contributed by atoms with Gasteiger partial charge in [-0.1, -0.05) is 33.8 Å². The summed E-state index contributed by atoms with van der Waals surface area (Å²) < 4.78 is 0. The number of benzene rings is 1. The van der Waals surface area contributed by atoms with Gasteiger partial charge in [-0.3, -0.25) is 4.98 Å². The topological polar surface area (TPSA) is 73.4 Å². The van der Waals surface area contributed by atoms with Crippen LogP contribution in [0.15, 0.2) is 39.6 Å². The van der Waals surface area contributed by atoms with E-state index in [9.17, 15) is 5.11 Å². The van der Waals surface area contributed by atoms with Crippen LogP contribution in [-0.2, 0) is 10.8 Å². The molecule has 1 unspecified atom stereocenters. The molecule has 6 heteroatoms. The molecule has 0 bridgehead atoms. The van der Waals surface area contributed by atoms with Crippen molar-refractivity contribution in [2.75, 3.05) is 18.0 Å². The lowest BCUT2D eigenvalue weighted by atomic mass is 9.68. The highest BCUT2D eigenvalue weighted by Crippen LogP contribution is 2.53. The van der Waals surface area contributed by atoms with E-state index in [2.05, 4.69) is 53.9 Å². The van der Waals surface area contributed by atoms with Gasteiger partial charge in [-0.05, 0) is 53.9 Å². The van der Waals surface area contributed by atoms with Crippen LogP contribution in [0.5, 0.6) is 5.75 Å². The summed E-state index contributed by atoms with van der Waals surface area (Å²) in [6, 6.07) is 6.02. The average molecular weight is 404 g/mol. The number of anilines is 1. The van der Waals surface area contributed by atoms with Gasteiger partial charge in [-0.25, -0.2) is 4.99 Å². The first-order chi connectivity index (χ1) is 14.2. The van der Waals surface area contributed by atoms with Crippen LogP contribution in [0.3, 0.4) is 0 Å². The number of hydrogen-bond donors (Lipinski definition) is 1. The molecule has 0 radical (unpaired) electrons. The molecule has 3 aliphatic rings. The van der Waals surface area contributed by atoms with Crippen LogP contribution in [0.2, 0.25) is 0 Å². The Bertz CT molecular complexity index is 1100. The fourth-order valence-electron chi connectivity index (χ4n) is 5.03. The normalized spacial score (nSPS) is 23.3. The number of aryl methyl sites for hydroxylation is 1. The lowest BCUT2D eigenvalue weighted by molar-refractivity contribution is 0.378. The number of aromatic nitrogens is 1. The summed E-state index contributed by atoms with van der Waals surface area (Å²) in [6.45, 7) is 13.1. The molecule has 2 aromatic rings. The summed E-state index contributed by atoms with van der Waals surface area (Å²) in [7, 11) is 0. The summed E-state index contributed by atoms with van der Waals surface area (Å²) in [5, 5.41) is 20.2. The first-order valence-corrected chi connectivity index (χ1v) is 10.8. The first-order valence-electron chi connectivity index (χ1n) is 10.8. The molecule has 1 aromatic carbocycles. The summed E-state index contributed by atoms with van der Waals surface area (Å²) in [5.74, 6) is 0.799. The second-order valence-corrected chi connectivity index (χ2v) is 10.0. The lowest BCUT2D eigenvalue weighted by Gasteiger charge is -2.48. The molecule has 1 aromatic heterocycles. The molecular formula is C24H29N5O. The zero-order valence-corrected chi connectivity index (χ0v) is 18.4. The van der Waals surface area contributed by atoms with Crippen LogP contribution < -0.4 is 4.90 Å². The van der Waals surface area contributed by atoms with E-state index in [-0.39, 0.29) is 10.8 Å². The highest BCUT2D eigenvalue weighted by Gasteiger charge is 2.43. The fraction of sp³-hybridized carbons (Fsp3) is 0.500. The Morgan fingerprint density at radius 2 is 1.83 bits per heavy atom. The number of nitrogens with zero attached hydrogens (tertiary/aromatic N) is 5. The van der Waals surface area contributed by atoms with Crippen molar-refractivity contribution in [3.05, 3.63) is 52.3 Å². The second-order valence-electron chi connectivity index (χ2n) is 10.0. The Balaban J connectivity index is 1.69. The second kappa shape index (κ2) is 6.37. The van der Waals surface area contributed by atoms with Crippen LogP contribution in [0.25, 0.3) is 0 Å². The smallest absolute Gasteiger partial charge is 0.205 e. The molecule has 0 spiro atoms. The molecule has 3 aliphatic heterocycles. The van der Waals surface area contributed by atoms with Gasteiger partial charge in [0.05, 0.1) is 11.3 Å². The number of pyridine rings is 1. The predicted molar refractivity (Wildman–Crippen MR) is 119 cm³/mol. The molecular weight excluding hydrogens is 374 g/mol. The maximum Gasteiger partial charge on any atom is 0.205 e. The van der Waals surface area contributed by atoms with Crippen LogP contribution in [0, 0.1) is 6.92 Å². The van der Waals surface area contributed by atoms with Crippen LogP contribution in [-0.4, -0.2) is 29.0 Å². The van der Waals surface area contributed by atoms with E-state index in [1.54, 1.807) is 6.20 Å². The lowest BCUT2D eigenvalue weighted by Crippen LogP contribution is -2.45. The third kappa shape index (κ3) is 2.76. The predicted octanol–water partition coefficient (Wildman–Crippen LogP) is 5.18. The van der Waals surface area contributed by atoms with Crippen molar-refractivity contribution in [2.24, 2.45) is 15.2 Å². The maximum absolute atomic E-state index is 11.4. The van der Waals surface area contributed by atoms with Crippen molar-refractivity contribution in [1.29, 1.82) is 0 Å². The van der Waals surface area contributed by atoms with E-state index in [1.165, 1.54) is 11.3 Å². The van der Waals surface area contributed by atoms with Gasteiger partial charge < -0.3 is 10.0 Å². The van der Waals surface area contributed by atoms with E-state index in [0.717, 1.165) is 42.8 Å². The van der Waals surface area contributed by atoms with E-state index in [1.807, 2.05) is 19.1 Å². The van der Waals surface area contributed by atoms with Crippen molar-refractivity contribution in [3.8, 4) is 5.75 Å². The SMILES string of the molecule is Cc1cccnc1C1N=NC(c2cc3c4c(c2O)C(C)(C)CCN4CCC3(C)C)=N1. The Hall–Kier alpha value is -2.76. The molecule has 0 saturated heterocycles. The Morgan fingerprint density at radius 3 is 2.57 bits per heavy atom. The highest BCUT2D eigenvalue weighted by molar-refractivity contribution is 6.04. The van der Waals surface area contributed by atoms with E-state index in [0.29, 0.717) is 17.1 Å². The molecule has 0 amide bonds. The van der Waals surface area contributed by atoms with Gasteiger partial charge in [0, 0.05) is 30.5 Å². The summed E-state index contributed by atoms with van der Waals surface area (Å²) >= 11 is 0. The van der Waals surface area contributed by atoms with Crippen molar-refractivity contribution in [1.82, 2.24) is 4.98 Å². The number of aliphatic imine (C=N–C) groups is 1. The number of azo groups is 1. The van der Waals surface area contributed by atoms with Crippen LogP contribution >= 0.6 is 0 Å². The largest absolute Gasteiger partial charge is 0.507 e. The van der Waals surface area contributed by atoms with E-state index >= 15 is 0 Å². The number of aromatic hydroxyl groups is 1. The van der Waals surface area contributed by atoms with E-state index in [4.69, 9.17) is 4.99 Å². The van der Waals surface area contributed by atoms with E-state index < -0.39 is 6.17 Å². The maximum atomic E-state index is 11.4. The van der Waals surface area contributed by atoms with Crippen LogP contribution in [0.4, 0.5) is 5.69 Å². The number of hydrogen-bond acceptors (Lipinski definition) is 6. The molecule has 4 heterocycles. The average Bonchev–Trinajstić information content (AvgIpc) is 3.16. The number of amidine groups is 1. The minimum Gasteiger partial charge on any atom is -0.507 e. The first kappa shape index (κ1) is 19.2. The molecule has 0 fully saturated rings. The Morgan fingerprint density at radius 1 is 1.10 bits per heavy atom. The van der Waals surface area contributed by atoms with Gasteiger partial charge in [-0.15, -0.1) is 5.11 Å². The van der Waals surface area contributed by atoms with Crippen molar-refractivity contribution in [3.63, 3.8) is 0 Å². The molecule has 6 nitrogen and oxygen atoms in total. The standard InChI is InChI=1S/C24H29N5O/c1-14-7-6-10-25-18(14)22-26-21(27-28-22)15-13-16-19-17(20(15)30)24(4,5)9-12-29(19)11-8-23(16,2)3/h6-7,10,13,22,30H,8-9,11-12H2,1-5H3. The number of rotatable bonds is 2. The van der Waals surface area contributed by atoms with Gasteiger partial charge in [0.1, 0.15) is 5.75 Å². The Labute approximate surface area is 177 Å². The van der Waals surface area contributed by atoms with Crippen molar-refractivity contribution in [2.45, 2.75) is 64.5 Å². The minimum absolute atomic E-state index is 0.0315. The summed E-state index contributed by atoms with van der Waals surface area (Å²) in [6.07, 6.45) is 3.41. The molecule has 1 N–H and O–H groups in total. The van der Waals surface area contributed by atoms with Gasteiger partial charge in [0.2, 0.25) is 6.17 Å². The molecule has 0 aliphatic carbocycles. The van der Waals surface area contributed by atoms with Gasteiger partial charge in [-0.2, -0.15) is 5.11 Å². The molecule has 1 atom stereocenters. The highest BCUT2D eigenvalue weighted by atomic mass is 16.3. The Kier molecular flexibility index (Phi) is 4.08. The summed E-state index contributed by atoms with van der Waals surface area (Å²) in [5.41, 5.74) is 5.98. The molecule has 0 saturated carbocycles. The van der Waals surface area contributed by atoms with Crippen molar-refractivity contribution >= 4 is 11.5 Å². The number of phenols is 1.